The molecule has 2 heterocycles. The van der Waals surface area contributed by atoms with Crippen molar-refractivity contribution in [3.05, 3.63) is 0 Å². The second-order valence-corrected chi connectivity index (χ2v) is 4.02. The molecule has 2 saturated heterocycles. The SMILES string of the molecule is O=C(N1CCCC1)N1C[C@@H](O)[C@@H](O)C1. The molecule has 2 aliphatic heterocycles. The Balaban J connectivity index is 1.92. The first-order valence-electron chi connectivity index (χ1n) is 5.08. The first kappa shape index (κ1) is 9.73. The molecule has 0 aromatic heterocycles. The maximum absolute atomic E-state index is 11.8. The molecular formula is C9H16N2O3. The third-order valence-corrected chi connectivity index (χ3v) is 2.91. The Morgan fingerprint density at radius 3 is 2.00 bits per heavy atom. The third kappa shape index (κ3) is 1.69. The first-order chi connectivity index (χ1) is 6.68. The predicted molar refractivity (Wildman–Crippen MR) is 49.8 cm³/mol. The molecule has 0 saturated carbocycles. The van der Waals surface area contributed by atoms with Gasteiger partial charge < -0.3 is 20.0 Å². The lowest BCUT2D eigenvalue weighted by Crippen LogP contribution is -2.41. The Bertz CT molecular complexity index is 218. The molecule has 2 rings (SSSR count). The van der Waals surface area contributed by atoms with E-state index in [0.717, 1.165) is 25.9 Å². The van der Waals surface area contributed by atoms with Crippen LogP contribution in [0.4, 0.5) is 4.79 Å². The number of nitrogens with zero attached hydrogens (tertiary/aromatic N) is 2. The summed E-state index contributed by atoms with van der Waals surface area (Å²) >= 11 is 0. The molecule has 2 N–H and O–H groups in total. The standard InChI is InChI=1S/C9H16N2O3/c12-7-5-11(6-8(7)13)9(14)10-3-1-2-4-10/h7-8,12-13H,1-6H2/t7-,8+. The van der Waals surface area contributed by atoms with E-state index >= 15 is 0 Å². The maximum atomic E-state index is 11.8. The van der Waals surface area contributed by atoms with Gasteiger partial charge in [0.25, 0.3) is 0 Å². The largest absolute Gasteiger partial charge is 0.388 e. The van der Waals surface area contributed by atoms with Crippen molar-refractivity contribution >= 4 is 6.03 Å². The summed E-state index contributed by atoms with van der Waals surface area (Å²) in [6, 6.07) is -0.0434. The minimum atomic E-state index is -0.776. The molecule has 0 bridgehead atoms. The van der Waals surface area contributed by atoms with Crippen LogP contribution in [0.3, 0.4) is 0 Å². The Labute approximate surface area is 82.9 Å². The van der Waals surface area contributed by atoms with Crippen molar-refractivity contribution in [3.8, 4) is 0 Å². The predicted octanol–water partition coefficient (Wildman–Crippen LogP) is -0.760. The molecule has 2 aliphatic rings. The van der Waals surface area contributed by atoms with Gasteiger partial charge >= 0.3 is 6.03 Å². The number of aliphatic hydroxyl groups is 2. The summed E-state index contributed by atoms with van der Waals surface area (Å²) in [6.07, 6.45) is 0.568. The van der Waals surface area contributed by atoms with E-state index in [9.17, 15) is 15.0 Å². The number of aliphatic hydroxyl groups excluding tert-OH is 2. The first-order valence-corrected chi connectivity index (χ1v) is 5.08. The second kappa shape index (κ2) is 3.74. The Morgan fingerprint density at radius 1 is 1.00 bits per heavy atom. The van der Waals surface area contributed by atoms with Crippen LogP contribution in [-0.4, -0.2) is 64.4 Å². The van der Waals surface area contributed by atoms with Gasteiger partial charge in [0, 0.05) is 13.1 Å². The molecule has 0 unspecified atom stereocenters. The second-order valence-electron chi connectivity index (χ2n) is 4.02. The molecule has 0 spiro atoms. The van der Waals surface area contributed by atoms with Gasteiger partial charge in [0.1, 0.15) is 0 Å². The van der Waals surface area contributed by atoms with Gasteiger partial charge in [0.15, 0.2) is 0 Å². The van der Waals surface area contributed by atoms with Gasteiger partial charge in [-0.2, -0.15) is 0 Å². The summed E-state index contributed by atoms with van der Waals surface area (Å²) in [4.78, 5) is 15.1. The van der Waals surface area contributed by atoms with Crippen molar-refractivity contribution in [1.29, 1.82) is 0 Å². The number of hydrogen-bond acceptors (Lipinski definition) is 3. The molecular weight excluding hydrogens is 184 g/mol. The van der Waals surface area contributed by atoms with Crippen LogP contribution in [0.1, 0.15) is 12.8 Å². The fraction of sp³-hybridized carbons (Fsp3) is 0.889. The van der Waals surface area contributed by atoms with Crippen molar-refractivity contribution in [2.24, 2.45) is 0 Å². The molecule has 2 atom stereocenters. The lowest BCUT2D eigenvalue weighted by Gasteiger charge is -2.23. The zero-order valence-electron chi connectivity index (χ0n) is 8.09. The summed E-state index contributed by atoms with van der Waals surface area (Å²) < 4.78 is 0. The van der Waals surface area contributed by atoms with Crippen LogP contribution >= 0.6 is 0 Å². The van der Waals surface area contributed by atoms with E-state index in [1.165, 1.54) is 4.90 Å². The van der Waals surface area contributed by atoms with Gasteiger partial charge in [-0.3, -0.25) is 0 Å². The number of urea groups is 1. The normalized spacial score (nSPS) is 32.7. The van der Waals surface area contributed by atoms with Gasteiger partial charge in [-0.15, -0.1) is 0 Å². The fourth-order valence-electron chi connectivity index (χ4n) is 2.03. The van der Waals surface area contributed by atoms with Gasteiger partial charge in [0.05, 0.1) is 25.3 Å². The highest BCUT2D eigenvalue weighted by Crippen LogP contribution is 2.15. The van der Waals surface area contributed by atoms with Crippen LogP contribution in [0.25, 0.3) is 0 Å². The molecule has 2 fully saturated rings. The van der Waals surface area contributed by atoms with Crippen LogP contribution in [-0.2, 0) is 0 Å². The van der Waals surface area contributed by atoms with E-state index in [4.69, 9.17) is 0 Å². The smallest absolute Gasteiger partial charge is 0.320 e. The van der Waals surface area contributed by atoms with Crippen LogP contribution < -0.4 is 0 Å². The van der Waals surface area contributed by atoms with Crippen molar-refractivity contribution in [2.45, 2.75) is 25.0 Å². The fourth-order valence-corrected chi connectivity index (χ4v) is 2.03. The third-order valence-electron chi connectivity index (χ3n) is 2.91. The Kier molecular flexibility index (Phi) is 2.60. The Hall–Kier alpha value is -0.810. The summed E-state index contributed by atoms with van der Waals surface area (Å²) in [7, 11) is 0. The van der Waals surface area contributed by atoms with E-state index in [0.29, 0.717) is 0 Å². The number of amides is 2. The lowest BCUT2D eigenvalue weighted by molar-refractivity contribution is 0.0572. The van der Waals surface area contributed by atoms with Gasteiger partial charge in [0.2, 0.25) is 0 Å². The molecule has 0 aromatic carbocycles. The molecule has 14 heavy (non-hydrogen) atoms. The van der Waals surface area contributed by atoms with Crippen LogP contribution in [0.15, 0.2) is 0 Å². The minimum absolute atomic E-state index is 0.0434. The van der Waals surface area contributed by atoms with E-state index < -0.39 is 12.2 Å². The van der Waals surface area contributed by atoms with E-state index in [1.54, 1.807) is 4.90 Å². The van der Waals surface area contributed by atoms with E-state index in [1.807, 2.05) is 0 Å². The van der Waals surface area contributed by atoms with Gasteiger partial charge in [-0.1, -0.05) is 0 Å². The molecule has 2 amide bonds. The zero-order chi connectivity index (χ0) is 10.1. The van der Waals surface area contributed by atoms with Gasteiger partial charge in [-0.05, 0) is 12.8 Å². The molecule has 0 aliphatic carbocycles. The van der Waals surface area contributed by atoms with Crippen molar-refractivity contribution in [1.82, 2.24) is 9.80 Å². The summed E-state index contributed by atoms with van der Waals surface area (Å²) in [6.45, 7) is 2.13. The number of carbonyl (C=O) groups excluding carboxylic acids is 1. The molecule has 0 aromatic rings. The lowest BCUT2D eigenvalue weighted by atomic mass is 10.3. The van der Waals surface area contributed by atoms with Gasteiger partial charge in [-0.25, -0.2) is 4.79 Å². The number of β-amino-alcohol motifs (C(OH)–C–C–N with tert-alkyl or cyclic N) is 2. The molecule has 5 heteroatoms. The Morgan fingerprint density at radius 2 is 1.50 bits per heavy atom. The molecule has 80 valence electrons. The number of hydrogen-bond donors (Lipinski definition) is 2. The molecule has 0 radical (unpaired) electrons. The quantitative estimate of drug-likeness (QED) is 0.540. The molecule has 5 nitrogen and oxygen atoms in total. The highest BCUT2D eigenvalue weighted by Gasteiger charge is 2.35. The maximum Gasteiger partial charge on any atom is 0.320 e. The zero-order valence-corrected chi connectivity index (χ0v) is 8.09. The highest BCUT2D eigenvalue weighted by atomic mass is 16.3. The minimum Gasteiger partial charge on any atom is -0.388 e. The average molecular weight is 200 g/mol. The number of likely N-dealkylation sites (tertiary alicyclic amines) is 2. The topological polar surface area (TPSA) is 64.0 Å². The van der Waals surface area contributed by atoms with E-state index in [-0.39, 0.29) is 19.1 Å². The summed E-state index contributed by atoms with van der Waals surface area (Å²) in [5.41, 5.74) is 0. The van der Waals surface area contributed by atoms with Crippen molar-refractivity contribution in [2.75, 3.05) is 26.2 Å². The summed E-state index contributed by atoms with van der Waals surface area (Å²) in [5.74, 6) is 0. The van der Waals surface area contributed by atoms with Crippen molar-refractivity contribution in [3.63, 3.8) is 0 Å². The highest BCUT2D eigenvalue weighted by molar-refractivity contribution is 5.75. The number of carbonyl (C=O) groups is 1. The monoisotopic (exact) mass is 200 g/mol. The van der Waals surface area contributed by atoms with Crippen LogP contribution in [0, 0.1) is 0 Å². The van der Waals surface area contributed by atoms with Crippen LogP contribution in [0.5, 0.6) is 0 Å². The number of rotatable bonds is 0. The average Bonchev–Trinajstić information content (AvgIpc) is 2.76. The summed E-state index contributed by atoms with van der Waals surface area (Å²) in [5, 5.41) is 18.6. The van der Waals surface area contributed by atoms with E-state index in [2.05, 4.69) is 0 Å². The van der Waals surface area contributed by atoms with Crippen LogP contribution in [0.2, 0.25) is 0 Å². The van der Waals surface area contributed by atoms with Crippen molar-refractivity contribution < 1.29 is 15.0 Å².